The van der Waals surface area contributed by atoms with Crippen LogP contribution in [0.15, 0.2) is 42.5 Å². The first-order valence-corrected chi connectivity index (χ1v) is 9.46. The molecule has 0 radical (unpaired) electrons. The molecule has 1 saturated heterocycles. The van der Waals surface area contributed by atoms with Crippen LogP contribution in [0.25, 0.3) is 0 Å². The predicted molar refractivity (Wildman–Crippen MR) is 107 cm³/mol. The summed E-state index contributed by atoms with van der Waals surface area (Å²) in [5, 5.41) is 3.05. The third-order valence-corrected chi connectivity index (χ3v) is 5.33. The van der Waals surface area contributed by atoms with E-state index in [2.05, 4.69) is 35.3 Å². The molecule has 0 saturated carbocycles. The number of anilines is 1. The molecule has 0 aliphatic carbocycles. The number of hydrogen-bond acceptors (Lipinski definition) is 3. The standard InChI is InChI=1S/C22H29N3O/c1-16-9-11-25(12-10-16)15-19-6-4-3-5-18(19)14-24-22(26)21-13-20(23)8-7-17(21)2/h3-8,13,16H,9-12,14-15,23H2,1-2H3,(H,24,26). The molecular formula is C22H29N3O. The van der Waals surface area contributed by atoms with Crippen molar-refractivity contribution < 1.29 is 4.79 Å². The van der Waals surface area contributed by atoms with Crippen molar-refractivity contribution in [2.24, 2.45) is 5.92 Å². The van der Waals surface area contributed by atoms with Gasteiger partial charge in [-0.2, -0.15) is 0 Å². The first kappa shape index (κ1) is 18.5. The minimum atomic E-state index is -0.0728. The van der Waals surface area contributed by atoms with Crippen LogP contribution in [-0.4, -0.2) is 23.9 Å². The topological polar surface area (TPSA) is 58.4 Å². The predicted octanol–water partition coefficient (Wildman–Crippen LogP) is 3.74. The van der Waals surface area contributed by atoms with Gasteiger partial charge >= 0.3 is 0 Å². The van der Waals surface area contributed by atoms with Gasteiger partial charge in [-0.15, -0.1) is 0 Å². The molecular weight excluding hydrogens is 322 g/mol. The van der Waals surface area contributed by atoms with Crippen molar-refractivity contribution >= 4 is 11.6 Å². The molecule has 1 aliphatic heterocycles. The monoisotopic (exact) mass is 351 g/mol. The average Bonchev–Trinajstić information content (AvgIpc) is 2.64. The van der Waals surface area contributed by atoms with Crippen LogP contribution >= 0.6 is 0 Å². The number of nitrogen functional groups attached to an aromatic ring is 1. The summed E-state index contributed by atoms with van der Waals surface area (Å²) < 4.78 is 0. The molecule has 0 aromatic heterocycles. The number of amides is 1. The lowest BCUT2D eigenvalue weighted by Gasteiger charge is -2.30. The van der Waals surface area contributed by atoms with Gasteiger partial charge in [0.2, 0.25) is 0 Å². The second-order valence-electron chi connectivity index (χ2n) is 7.48. The van der Waals surface area contributed by atoms with Crippen LogP contribution in [0.4, 0.5) is 5.69 Å². The molecule has 0 bridgehead atoms. The van der Waals surface area contributed by atoms with Crippen LogP contribution < -0.4 is 11.1 Å². The molecule has 3 rings (SSSR count). The second-order valence-corrected chi connectivity index (χ2v) is 7.48. The van der Waals surface area contributed by atoms with Gasteiger partial charge in [0.15, 0.2) is 0 Å². The normalized spacial score (nSPS) is 15.8. The van der Waals surface area contributed by atoms with Gasteiger partial charge in [0.1, 0.15) is 0 Å². The molecule has 4 heteroatoms. The van der Waals surface area contributed by atoms with E-state index in [-0.39, 0.29) is 5.91 Å². The SMILES string of the molecule is Cc1ccc(N)cc1C(=O)NCc1ccccc1CN1CCC(C)CC1. The Morgan fingerprint density at radius 2 is 1.85 bits per heavy atom. The summed E-state index contributed by atoms with van der Waals surface area (Å²) in [6.45, 7) is 8.07. The number of aryl methyl sites for hydroxylation is 1. The van der Waals surface area contributed by atoms with Crippen LogP contribution in [0.5, 0.6) is 0 Å². The van der Waals surface area contributed by atoms with Crippen molar-refractivity contribution in [3.05, 3.63) is 64.7 Å². The Morgan fingerprint density at radius 1 is 1.15 bits per heavy atom. The molecule has 1 amide bonds. The summed E-state index contributed by atoms with van der Waals surface area (Å²) >= 11 is 0. The molecule has 1 aliphatic rings. The number of carbonyl (C=O) groups excluding carboxylic acids is 1. The number of carbonyl (C=O) groups is 1. The van der Waals surface area contributed by atoms with E-state index in [9.17, 15) is 4.79 Å². The molecule has 2 aromatic carbocycles. The first-order valence-electron chi connectivity index (χ1n) is 9.46. The molecule has 0 spiro atoms. The fraction of sp³-hybridized carbons (Fsp3) is 0.409. The highest BCUT2D eigenvalue weighted by atomic mass is 16.1. The summed E-state index contributed by atoms with van der Waals surface area (Å²) in [7, 11) is 0. The van der Waals surface area contributed by atoms with Gasteiger partial charge < -0.3 is 11.1 Å². The van der Waals surface area contributed by atoms with E-state index in [1.54, 1.807) is 6.07 Å². The van der Waals surface area contributed by atoms with Crippen molar-refractivity contribution in [1.82, 2.24) is 10.2 Å². The summed E-state index contributed by atoms with van der Waals surface area (Å²) in [6.07, 6.45) is 2.54. The summed E-state index contributed by atoms with van der Waals surface area (Å²) in [5.41, 5.74) is 10.5. The Balaban J connectivity index is 1.65. The number of nitrogens with two attached hydrogens (primary N) is 1. The highest BCUT2D eigenvalue weighted by Gasteiger charge is 2.17. The minimum absolute atomic E-state index is 0.0728. The van der Waals surface area contributed by atoms with Gasteiger partial charge in [0.05, 0.1) is 0 Å². The van der Waals surface area contributed by atoms with Gasteiger partial charge in [-0.25, -0.2) is 0 Å². The molecule has 1 fully saturated rings. The highest BCUT2D eigenvalue weighted by molar-refractivity contribution is 5.96. The zero-order chi connectivity index (χ0) is 18.5. The van der Waals surface area contributed by atoms with Crippen LogP contribution in [-0.2, 0) is 13.1 Å². The summed E-state index contributed by atoms with van der Waals surface area (Å²) in [5.74, 6) is 0.763. The van der Waals surface area contributed by atoms with E-state index in [0.29, 0.717) is 17.8 Å². The molecule has 3 N–H and O–H groups in total. The molecule has 0 unspecified atom stereocenters. The fourth-order valence-corrected chi connectivity index (χ4v) is 3.50. The Labute approximate surface area is 156 Å². The number of likely N-dealkylation sites (tertiary alicyclic amines) is 1. The lowest BCUT2D eigenvalue weighted by Crippen LogP contribution is -2.33. The number of nitrogens with one attached hydrogen (secondary N) is 1. The highest BCUT2D eigenvalue weighted by Crippen LogP contribution is 2.20. The second kappa shape index (κ2) is 8.37. The Hall–Kier alpha value is -2.33. The zero-order valence-corrected chi connectivity index (χ0v) is 15.8. The van der Waals surface area contributed by atoms with E-state index < -0.39 is 0 Å². The Morgan fingerprint density at radius 3 is 2.58 bits per heavy atom. The lowest BCUT2D eigenvalue weighted by molar-refractivity contribution is 0.0950. The molecule has 1 heterocycles. The van der Waals surface area contributed by atoms with Crippen LogP contribution in [0, 0.1) is 12.8 Å². The van der Waals surface area contributed by atoms with Crippen molar-refractivity contribution in [1.29, 1.82) is 0 Å². The summed E-state index contributed by atoms with van der Waals surface area (Å²) in [6, 6.07) is 13.8. The van der Waals surface area contributed by atoms with Gasteiger partial charge in [-0.1, -0.05) is 37.3 Å². The van der Waals surface area contributed by atoms with Gasteiger partial charge in [-0.3, -0.25) is 9.69 Å². The number of hydrogen-bond donors (Lipinski definition) is 2. The van der Waals surface area contributed by atoms with E-state index in [1.807, 2.05) is 25.1 Å². The van der Waals surface area contributed by atoms with Crippen LogP contribution in [0.1, 0.15) is 46.8 Å². The van der Waals surface area contributed by atoms with Gasteiger partial charge in [0.25, 0.3) is 5.91 Å². The Bertz CT molecular complexity index is 764. The number of rotatable bonds is 5. The van der Waals surface area contributed by atoms with E-state index in [1.165, 1.54) is 24.0 Å². The van der Waals surface area contributed by atoms with E-state index in [4.69, 9.17) is 5.73 Å². The van der Waals surface area contributed by atoms with Gasteiger partial charge in [-0.05, 0) is 67.6 Å². The maximum atomic E-state index is 12.6. The molecule has 0 atom stereocenters. The quantitative estimate of drug-likeness (QED) is 0.807. The minimum Gasteiger partial charge on any atom is -0.399 e. The van der Waals surface area contributed by atoms with Crippen molar-refractivity contribution in [3.63, 3.8) is 0 Å². The van der Waals surface area contributed by atoms with Gasteiger partial charge in [0, 0.05) is 24.3 Å². The fourth-order valence-electron chi connectivity index (χ4n) is 3.50. The molecule has 26 heavy (non-hydrogen) atoms. The average molecular weight is 351 g/mol. The van der Waals surface area contributed by atoms with E-state index in [0.717, 1.165) is 31.1 Å². The number of benzene rings is 2. The third kappa shape index (κ3) is 4.64. The maximum Gasteiger partial charge on any atom is 0.251 e. The summed E-state index contributed by atoms with van der Waals surface area (Å²) in [4.78, 5) is 15.1. The Kier molecular flexibility index (Phi) is 5.94. The molecule has 2 aromatic rings. The van der Waals surface area contributed by atoms with Crippen molar-refractivity contribution in [2.75, 3.05) is 18.8 Å². The smallest absolute Gasteiger partial charge is 0.251 e. The zero-order valence-electron chi connectivity index (χ0n) is 15.8. The third-order valence-electron chi connectivity index (χ3n) is 5.33. The van der Waals surface area contributed by atoms with Crippen molar-refractivity contribution in [3.8, 4) is 0 Å². The van der Waals surface area contributed by atoms with Crippen molar-refractivity contribution in [2.45, 2.75) is 39.8 Å². The number of nitrogens with zero attached hydrogens (tertiary/aromatic N) is 1. The first-order chi connectivity index (χ1) is 12.5. The molecule has 4 nitrogen and oxygen atoms in total. The van der Waals surface area contributed by atoms with E-state index >= 15 is 0 Å². The van der Waals surface area contributed by atoms with Crippen LogP contribution in [0.3, 0.4) is 0 Å². The van der Waals surface area contributed by atoms with Crippen LogP contribution in [0.2, 0.25) is 0 Å². The largest absolute Gasteiger partial charge is 0.399 e. The molecule has 138 valence electrons. The lowest BCUT2D eigenvalue weighted by atomic mass is 9.98. The maximum absolute atomic E-state index is 12.6. The number of piperidine rings is 1.